The third kappa shape index (κ3) is 8.90. The molecule has 0 radical (unpaired) electrons. The summed E-state index contributed by atoms with van der Waals surface area (Å²) < 4.78 is 41.8. The number of ether oxygens (including phenoxy) is 4. The van der Waals surface area contributed by atoms with Crippen molar-refractivity contribution < 1.29 is 28.0 Å². The fourth-order valence-electron chi connectivity index (χ4n) is 6.81. The molecule has 282 valence electrons. The Morgan fingerprint density at radius 3 is 1.96 bits per heavy atom. The van der Waals surface area contributed by atoms with Crippen molar-refractivity contribution in [2.75, 3.05) is 27.4 Å². The van der Waals surface area contributed by atoms with E-state index in [2.05, 4.69) is 43.4 Å². The number of benzene rings is 3. The first-order valence-corrected chi connectivity index (χ1v) is 18.9. The predicted octanol–water partition coefficient (Wildman–Crippen LogP) is 6.76. The Morgan fingerprint density at radius 2 is 1.45 bits per heavy atom. The molecule has 0 amide bonds. The summed E-state index contributed by atoms with van der Waals surface area (Å²) in [6.45, 7) is 10.5. The van der Waals surface area contributed by atoms with Crippen LogP contribution >= 0.6 is 8.53 Å². The number of aromatic nitrogens is 2. The molecule has 1 aliphatic rings. The van der Waals surface area contributed by atoms with E-state index < -0.39 is 49.7 Å². The number of nitrogens with one attached hydrogen (secondary N) is 1. The Bertz CT molecular complexity index is 1860. The SMILES string of the molecule is COc1ccc(C(OC[C@H]2O[C@@H](n3ccc(=O)[nH]c3=O)[C@@H](C)[C@@H]2OP(OCCC#N)N(C(C)C)C(C)C)(c2ccccc2)c2ccc(OC)cc2)cc1. The van der Waals surface area contributed by atoms with Gasteiger partial charge in [0.25, 0.3) is 14.1 Å². The molecule has 3 aromatic carbocycles. The van der Waals surface area contributed by atoms with Crippen LogP contribution in [0.2, 0.25) is 0 Å². The van der Waals surface area contributed by atoms with Gasteiger partial charge < -0.3 is 28.0 Å². The number of hydrogen-bond donors (Lipinski definition) is 1. The summed E-state index contributed by atoms with van der Waals surface area (Å²) in [4.78, 5) is 27.5. The Balaban J connectivity index is 1.62. The Morgan fingerprint density at radius 1 is 0.887 bits per heavy atom. The van der Waals surface area contributed by atoms with Crippen LogP contribution in [-0.4, -0.2) is 65.9 Å². The van der Waals surface area contributed by atoms with Crippen molar-refractivity contribution in [3.8, 4) is 17.6 Å². The second-order valence-electron chi connectivity index (χ2n) is 13.4. The van der Waals surface area contributed by atoms with Crippen LogP contribution in [-0.2, 0) is 24.1 Å². The van der Waals surface area contributed by atoms with Gasteiger partial charge in [0.1, 0.15) is 35.5 Å². The molecule has 1 aromatic heterocycles. The smallest absolute Gasteiger partial charge is 0.330 e. The van der Waals surface area contributed by atoms with Gasteiger partial charge in [-0.15, -0.1) is 0 Å². The highest BCUT2D eigenvalue weighted by molar-refractivity contribution is 7.44. The lowest BCUT2D eigenvalue weighted by Crippen LogP contribution is -2.40. The van der Waals surface area contributed by atoms with Gasteiger partial charge in [-0.2, -0.15) is 5.26 Å². The van der Waals surface area contributed by atoms with E-state index in [1.807, 2.05) is 85.8 Å². The van der Waals surface area contributed by atoms with Crippen LogP contribution < -0.4 is 20.7 Å². The van der Waals surface area contributed by atoms with Crippen molar-refractivity contribution in [3.05, 3.63) is 129 Å². The monoisotopic (exact) mass is 744 g/mol. The van der Waals surface area contributed by atoms with Crippen LogP contribution in [0.5, 0.6) is 11.5 Å². The molecule has 0 bridgehead atoms. The van der Waals surface area contributed by atoms with Crippen LogP contribution in [0.1, 0.15) is 64.0 Å². The lowest BCUT2D eigenvalue weighted by atomic mass is 9.80. The molecule has 1 fully saturated rings. The number of methoxy groups -OCH3 is 2. The van der Waals surface area contributed by atoms with Crippen LogP contribution in [0.15, 0.2) is 101 Å². The van der Waals surface area contributed by atoms with E-state index in [0.717, 1.165) is 16.7 Å². The maximum absolute atomic E-state index is 13.1. The minimum absolute atomic E-state index is 0.0291. The summed E-state index contributed by atoms with van der Waals surface area (Å²) in [5.74, 6) is 1.00. The van der Waals surface area contributed by atoms with Crippen molar-refractivity contribution >= 4 is 8.53 Å². The summed E-state index contributed by atoms with van der Waals surface area (Å²) in [6, 6.07) is 29.0. The molecule has 0 aliphatic carbocycles. The van der Waals surface area contributed by atoms with Crippen molar-refractivity contribution in [1.29, 1.82) is 5.26 Å². The Labute approximate surface area is 312 Å². The summed E-state index contributed by atoms with van der Waals surface area (Å²) in [5.41, 5.74) is 0.331. The highest BCUT2D eigenvalue weighted by Gasteiger charge is 2.49. The number of aromatic amines is 1. The quantitative estimate of drug-likeness (QED) is 0.0702. The first-order valence-electron chi connectivity index (χ1n) is 17.7. The lowest BCUT2D eigenvalue weighted by molar-refractivity contribution is -0.0931. The highest BCUT2D eigenvalue weighted by atomic mass is 31.2. The normalized spacial score (nSPS) is 19.4. The van der Waals surface area contributed by atoms with E-state index in [4.69, 9.17) is 28.0 Å². The molecule has 1 saturated heterocycles. The molecule has 2 heterocycles. The Hall–Kier alpha value is -4.34. The first kappa shape index (κ1) is 39.9. The zero-order valence-corrected chi connectivity index (χ0v) is 32.2. The molecule has 13 heteroatoms. The summed E-state index contributed by atoms with van der Waals surface area (Å²) >= 11 is 0. The molecular weight excluding hydrogens is 695 g/mol. The average Bonchev–Trinajstić information content (AvgIpc) is 3.46. The maximum Gasteiger partial charge on any atom is 0.330 e. The minimum atomic E-state index is -1.69. The fourth-order valence-corrected chi connectivity index (χ4v) is 8.65. The van der Waals surface area contributed by atoms with E-state index >= 15 is 0 Å². The standard InChI is InChI=1S/C40H49N4O8P/c1-27(2)44(28(3)4)53(50-25-11-23-41)52-37-29(5)38(43-24-22-36(45)42-39(43)46)51-35(37)26-49-40(30-12-9-8-10-13-30,31-14-18-33(47-6)19-15-31)32-16-20-34(48-7)21-17-32/h8-10,12-22,24,27-29,35,37-38H,11,25-26H2,1-7H3,(H,42,45,46)/t29-,35+,37-,38+,53?/m0/s1. The van der Waals surface area contributed by atoms with Gasteiger partial charge in [-0.05, 0) is 68.7 Å². The largest absolute Gasteiger partial charge is 0.497 e. The molecule has 53 heavy (non-hydrogen) atoms. The summed E-state index contributed by atoms with van der Waals surface area (Å²) in [6.07, 6.45) is -0.499. The number of hydrogen-bond acceptors (Lipinski definition) is 10. The third-order valence-electron chi connectivity index (χ3n) is 9.29. The van der Waals surface area contributed by atoms with Crippen molar-refractivity contribution in [2.45, 2.75) is 77.2 Å². The molecule has 12 nitrogen and oxygen atoms in total. The van der Waals surface area contributed by atoms with Crippen LogP contribution in [0.4, 0.5) is 0 Å². The van der Waals surface area contributed by atoms with Crippen molar-refractivity contribution in [1.82, 2.24) is 14.2 Å². The van der Waals surface area contributed by atoms with E-state index in [-0.39, 0.29) is 31.7 Å². The van der Waals surface area contributed by atoms with E-state index in [1.165, 1.54) is 16.8 Å². The molecule has 1 unspecified atom stereocenters. The number of H-pyrrole nitrogens is 1. The van der Waals surface area contributed by atoms with Gasteiger partial charge in [-0.25, -0.2) is 9.46 Å². The second-order valence-corrected chi connectivity index (χ2v) is 14.8. The average molecular weight is 745 g/mol. The summed E-state index contributed by atoms with van der Waals surface area (Å²) in [5, 5.41) is 9.31. The van der Waals surface area contributed by atoms with Crippen LogP contribution in [0.3, 0.4) is 0 Å². The van der Waals surface area contributed by atoms with E-state index in [1.54, 1.807) is 14.2 Å². The molecule has 1 aliphatic heterocycles. The van der Waals surface area contributed by atoms with Crippen LogP contribution in [0.25, 0.3) is 0 Å². The molecule has 0 saturated carbocycles. The van der Waals surface area contributed by atoms with Gasteiger partial charge in [0.15, 0.2) is 0 Å². The van der Waals surface area contributed by atoms with Gasteiger partial charge in [-0.3, -0.25) is 14.3 Å². The van der Waals surface area contributed by atoms with E-state index in [0.29, 0.717) is 11.5 Å². The zero-order valence-electron chi connectivity index (χ0n) is 31.3. The maximum atomic E-state index is 13.1. The van der Waals surface area contributed by atoms with E-state index in [9.17, 15) is 14.9 Å². The van der Waals surface area contributed by atoms with Gasteiger partial charge in [0.05, 0.1) is 39.9 Å². The first-order chi connectivity index (χ1) is 25.5. The topological polar surface area (TPSA) is 137 Å². The van der Waals surface area contributed by atoms with Crippen LogP contribution in [0, 0.1) is 17.2 Å². The third-order valence-corrected chi connectivity index (χ3v) is 11.4. The molecule has 1 N–H and O–H groups in total. The van der Waals surface area contributed by atoms with Crippen molar-refractivity contribution in [3.63, 3.8) is 0 Å². The minimum Gasteiger partial charge on any atom is -0.497 e. The van der Waals surface area contributed by atoms with Gasteiger partial charge in [0.2, 0.25) is 0 Å². The molecule has 4 aromatic rings. The number of nitriles is 1. The molecular formula is C40H49N4O8P. The van der Waals surface area contributed by atoms with Gasteiger partial charge >= 0.3 is 5.69 Å². The molecule has 5 rings (SSSR count). The summed E-state index contributed by atoms with van der Waals surface area (Å²) in [7, 11) is 1.56. The molecule has 5 atom stereocenters. The fraction of sp³-hybridized carbons (Fsp3) is 0.425. The number of nitrogens with zero attached hydrogens (tertiary/aromatic N) is 3. The lowest BCUT2D eigenvalue weighted by Gasteiger charge is -2.39. The highest BCUT2D eigenvalue weighted by Crippen LogP contribution is 2.52. The van der Waals surface area contributed by atoms with Gasteiger partial charge in [-0.1, -0.05) is 61.5 Å². The predicted molar refractivity (Wildman–Crippen MR) is 203 cm³/mol. The Kier molecular flexibility index (Phi) is 13.6. The zero-order chi connectivity index (χ0) is 38.1. The molecule has 0 spiro atoms. The van der Waals surface area contributed by atoms with Gasteiger partial charge in [0, 0.05) is 30.3 Å². The second kappa shape index (κ2) is 18.1. The number of rotatable bonds is 17. The van der Waals surface area contributed by atoms with Crippen molar-refractivity contribution in [2.24, 2.45) is 5.92 Å².